The van der Waals surface area contributed by atoms with Gasteiger partial charge in [-0.2, -0.15) is 0 Å². The first-order valence-electron chi connectivity index (χ1n) is 9.06. The average molecular weight is 326 g/mol. The lowest BCUT2D eigenvalue weighted by Crippen LogP contribution is -2.27. The van der Waals surface area contributed by atoms with Gasteiger partial charge in [-0.15, -0.1) is 0 Å². The molecule has 2 aliphatic rings. The van der Waals surface area contributed by atoms with Gasteiger partial charge in [-0.3, -0.25) is 4.79 Å². The molecule has 2 aromatic rings. The fraction of sp³-hybridized carbons (Fsp3) is 0.550. The number of aromatic amines is 1. The predicted molar refractivity (Wildman–Crippen MR) is 95.4 cm³/mol. The molecule has 1 unspecified atom stereocenters. The summed E-state index contributed by atoms with van der Waals surface area (Å²) in [5.41, 5.74) is 4.77. The van der Waals surface area contributed by atoms with Crippen molar-refractivity contribution >= 4 is 16.8 Å². The first-order valence-corrected chi connectivity index (χ1v) is 9.06. The molecule has 1 aliphatic heterocycles. The van der Waals surface area contributed by atoms with Crippen molar-refractivity contribution in [3.05, 3.63) is 35.0 Å². The van der Waals surface area contributed by atoms with E-state index in [1.807, 2.05) is 6.07 Å². The van der Waals surface area contributed by atoms with Crippen LogP contribution in [-0.2, 0) is 17.6 Å². The van der Waals surface area contributed by atoms with Crippen LogP contribution in [0.2, 0.25) is 0 Å². The van der Waals surface area contributed by atoms with Crippen molar-refractivity contribution in [1.82, 2.24) is 9.88 Å². The monoisotopic (exact) mass is 326 g/mol. The summed E-state index contributed by atoms with van der Waals surface area (Å²) in [6.45, 7) is 1.84. The summed E-state index contributed by atoms with van der Waals surface area (Å²) in [5.74, 6) is 1.63. The van der Waals surface area contributed by atoms with E-state index < -0.39 is 0 Å². The van der Waals surface area contributed by atoms with Crippen LogP contribution >= 0.6 is 0 Å². The Morgan fingerprint density at radius 2 is 1.96 bits per heavy atom. The number of amides is 1. The Kier molecular flexibility index (Phi) is 4.09. The molecule has 4 heteroatoms. The van der Waals surface area contributed by atoms with E-state index >= 15 is 0 Å². The fourth-order valence-electron chi connectivity index (χ4n) is 4.42. The van der Waals surface area contributed by atoms with Gasteiger partial charge in [0.1, 0.15) is 0 Å². The second-order valence-electron chi connectivity index (χ2n) is 7.49. The molecule has 24 heavy (non-hydrogen) atoms. The zero-order valence-electron chi connectivity index (χ0n) is 14.6. The molecule has 1 N–H and O–H groups in total. The van der Waals surface area contributed by atoms with E-state index in [1.165, 1.54) is 41.4 Å². The highest BCUT2D eigenvalue weighted by atomic mass is 16.5. The number of nitrogens with zero attached hydrogens (tertiary/aromatic N) is 1. The normalized spacial score (nSPS) is 21.7. The van der Waals surface area contributed by atoms with Crippen molar-refractivity contribution in [2.24, 2.45) is 11.8 Å². The van der Waals surface area contributed by atoms with Gasteiger partial charge in [-0.25, -0.2) is 0 Å². The van der Waals surface area contributed by atoms with Gasteiger partial charge in [0.15, 0.2) is 0 Å². The highest BCUT2D eigenvalue weighted by Gasteiger charge is 2.29. The van der Waals surface area contributed by atoms with Crippen molar-refractivity contribution in [2.45, 2.75) is 32.1 Å². The number of aryl methyl sites for hydroxylation is 1. The number of nitrogens with one attached hydrogen (secondary N) is 1. The topological polar surface area (TPSA) is 45.3 Å². The molecule has 1 saturated heterocycles. The molecule has 1 fully saturated rings. The van der Waals surface area contributed by atoms with E-state index in [9.17, 15) is 4.79 Å². The molecule has 1 aliphatic carbocycles. The number of hydrogen-bond donors (Lipinski definition) is 1. The number of H-pyrrole nitrogens is 1. The molecule has 4 nitrogen and oxygen atoms in total. The predicted octanol–water partition coefficient (Wildman–Crippen LogP) is 3.40. The van der Waals surface area contributed by atoms with Crippen LogP contribution in [0.3, 0.4) is 0 Å². The van der Waals surface area contributed by atoms with Crippen LogP contribution in [0.5, 0.6) is 0 Å². The molecular weight excluding hydrogens is 300 g/mol. The van der Waals surface area contributed by atoms with E-state index in [-0.39, 0.29) is 5.91 Å². The largest absolute Gasteiger partial charge is 0.381 e. The molecule has 0 radical (unpaired) electrons. The van der Waals surface area contributed by atoms with E-state index in [0.717, 1.165) is 43.5 Å². The van der Waals surface area contributed by atoms with Gasteiger partial charge in [-0.05, 0) is 67.7 Å². The summed E-state index contributed by atoms with van der Waals surface area (Å²) >= 11 is 0. The number of carbonyl (C=O) groups is 1. The summed E-state index contributed by atoms with van der Waals surface area (Å²) in [6.07, 6.45) is 5.94. The number of ether oxygens (including phenoxy) is 1. The Hall–Kier alpha value is -1.81. The van der Waals surface area contributed by atoms with Crippen LogP contribution in [0.4, 0.5) is 0 Å². The van der Waals surface area contributed by atoms with Crippen molar-refractivity contribution < 1.29 is 9.53 Å². The molecule has 1 atom stereocenters. The third-order valence-corrected chi connectivity index (χ3v) is 5.81. The first-order chi connectivity index (χ1) is 11.6. The van der Waals surface area contributed by atoms with Crippen LogP contribution in [0.1, 0.15) is 40.9 Å². The molecule has 0 bridgehead atoms. The van der Waals surface area contributed by atoms with Crippen LogP contribution in [0.15, 0.2) is 18.2 Å². The highest BCUT2D eigenvalue weighted by molar-refractivity contribution is 5.98. The Morgan fingerprint density at radius 3 is 2.71 bits per heavy atom. The third-order valence-electron chi connectivity index (χ3n) is 5.81. The minimum absolute atomic E-state index is 0.0728. The van der Waals surface area contributed by atoms with Crippen molar-refractivity contribution in [3.8, 4) is 0 Å². The van der Waals surface area contributed by atoms with Crippen molar-refractivity contribution in [1.29, 1.82) is 0 Å². The third kappa shape index (κ3) is 2.73. The number of aromatic nitrogens is 1. The van der Waals surface area contributed by atoms with Crippen molar-refractivity contribution in [3.63, 3.8) is 0 Å². The molecule has 0 spiro atoms. The summed E-state index contributed by atoms with van der Waals surface area (Å²) in [6, 6.07) is 6.08. The zero-order valence-corrected chi connectivity index (χ0v) is 14.6. The maximum Gasteiger partial charge on any atom is 0.253 e. The van der Waals surface area contributed by atoms with Crippen molar-refractivity contribution in [2.75, 3.05) is 27.3 Å². The maximum absolute atomic E-state index is 12.3. The second kappa shape index (κ2) is 6.25. The molecule has 0 saturated carbocycles. The van der Waals surface area contributed by atoms with Crippen LogP contribution in [0, 0.1) is 11.8 Å². The lowest BCUT2D eigenvalue weighted by molar-refractivity contribution is 0.0439. The number of rotatable bonds is 2. The van der Waals surface area contributed by atoms with E-state index in [4.69, 9.17) is 4.74 Å². The molecule has 4 rings (SSSR count). The first kappa shape index (κ1) is 15.7. The average Bonchev–Trinajstić information content (AvgIpc) is 2.98. The van der Waals surface area contributed by atoms with E-state index in [0.29, 0.717) is 0 Å². The van der Waals surface area contributed by atoms with Crippen LogP contribution in [-0.4, -0.2) is 43.1 Å². The maximum atomic E-state index is 12.3. The zero-order chi connectivity index (χ0) is 16.7. The number of fused-ring (bicyclic) bond motifs is 3. The molecule has 1 aromatic carbocycles. The van der Waals surface area contributed by atoms with Crippen LogP contribution in [0.25, 0.3) is 10.9 Å². The lowest BCUT2D eigenvalue weighted by atomic mass is 9.75. The Labute approximate surface area is 143 Å². The minimum Gasteiger partial charge on any atom is -0.381 e. The quantitative estimate of drug-likeness (QED) is 0.919. The second-order valence-corrected chi connectivity index (χ2v) is 7.49. The lowest BCUT2D eigenvalue weighted by Gasteiger charge is -2.33. The SMILES string of the molecule is CN(C)C(=O)c1ccc2[nH]c3c(c2c1)CC(C1CCOCC1)CC3. The Morgan fingerprint density at radius 1 is 1.17 bits per heavy atom. The summed E-state index contributed by atoms with van der Waals surface area (Å²) in [5, 5.41) is 1.24. The van der Waals surface area contributed by atoms with E-state index in [2.05, 4.69) is 17.1 Å². The number of carbonyl (C=O) groups excluding carboxylic acids is 1. The fourth-order valence-corrected chi connectivity index (χ4v) is 4.42. The number of hydrogen-bond acceptors (Lipinski definition) is 2. The van der Waals surface area contributed by atoms with Gasteiger partial charge in [0.05, 0.1) is 0 Å². The van der Waals surface area contributed by atoms with Gasteiger partial charge < -0.3 is 14.6 Å². The highest BCUT2D eigenvalue weighted by Crippen LogP contribution is 2.38. The molecule has 1 amide bonds. The van der Waals surface area contributed by atoms with Gasteiger partial charge >= 0.3 is 0 Å². The summed E-state index contributed by atoms with van der Waals surface area (Å²) < 4.78 is 5.53. The molecular formula is C20H26N2O2. The van der Waals surface area contributed by atoms with Crippen LogP contribution < -0.4 is 0 Å². The number of benzene rings is 1. The van der Waals surface area contributed by atoms with E-state index in [1.54, 1.807) is 19.0 Å². The Bertz CT molecular complexity index is 756. The Balaban J connectivity index is 1.66. The van der Waals surface area contributed by atoms with Gasteiger partial charge in [0.2, 0.25) is 0 Å². The van der Waals surface area contributed by atoms with Gasteiger partial charge in [0.25, 0.3) is 5.91 Å². The molecule has 2 heterocycles. The van der Waals surface area contributed by atoms with Gasteiger partial charge in [0, 0.05) is 49.5 Å². The molecule has 1 aromatic heterocycles. The summed E-state index contributed by atoms with van der Waals surface area (Å²) in [7, 11) is 3.61. The smallest absolute Gasteiger partial charge is 0.253 e. The standard InChI is InChI=1S/C20H26N2O2/c1-22(2)20(23)15-4-6-19-17(12-15)16-11-14(3-5-18(16)21-19)13-7-9-24-10-8-13/h4,6,12-14,21H,3,5,7-11H2,1-2H3. The van der Waals surface area contributed by atoms with Gasteiger partial charge in [-0.1, -0.05) is 0 Å². The molecule has 128 valence electrons. The minimum atomic E-state index is 0.0728. The summed E-state index contributed by atoms with van der Waals surface area (Å²) in [4.78, 5) is 17.5.